The van der Waals surface area contributed by atoms with Crippen LogP contribution in [0.1, 0.15) is 40.0 Å². The average molecular weight is 240 g/mol. The summed E-state index contributed by atoms with van der Waals surface area (Å²) in [5, 5.41) is 3.68. The Bertz CT molecular complexity index is 234. The van der Waals surface area contributed by atoms with Crippen molar-refractivity contribution in [1.29, 1.82) is 0 Å². The van der Waals surface area contributed by atoms with Crippen molar-refractivity contribution in [3.8, 4) is 0 Å². The molecule has 0 aromatic carbocycles. The molecule has 2 rings (SSSR count). The van der Waals surface area contributed by atoms with Crippen LogP contribution in [-0.2, 0) is 4.74 Å². The molecule has 0 aromatic rings. The molecule has 0 aliphatic carbocycles. The Morgan fingerprint density at radius 2 is 2.18 bits per heavy atom. The van der Waals surface area contributed by atoms with Gasteiger partial charge in [0.1, 0.15) is 0 Å². The molecule has 3 heteroatoms. The van der Waals surface area contributed by atoms with E-state index in [9.17, 15) is 0 Å². The molecule has 0 saturated carbocycles. The van der Waals surface area contributed by atoms with E-state index in [1.807, 2.05) is 0 Å². The molecule has 2 aliphatic heterocycles. The Morgan fingerprint density at radius 1 is 1.35 bits per heavy atom. The number of nitrogens with one attached hydrogen (secondary N) is 1. The van der Waals surface area contributed by atoms with E-state index in [0.717, 1.165) is 19.1 Å². The molecule has 0 bridgehead atoms. The number of nitrogens with zero attached hydrogens (tertiary/aromatic N) is 1. The van der Waals surface area contributed by atoms with E-state index >= 15 is 0 Å². The molecule has 2 fully saturated rings. The van der Waals surface area contributed by atoms with Crippen LogP contribution in [0.25, 0.3) is 0 Å². The van der Waals surface area contributed by atoms with Gasteiger partial charge in [0, 0.05) is 25.2 Å². The van der Waals surface area contributed by atoms with Crippen LogP contribution in [0.5, 0.6) is 0 Å². The highest BCUT2D eigenvalue weighted by Gasteiger charge is 2.28. The van der Waals surface area contributed by atoms with Crippen LogP contribution in [0.15, 0.2) is 0 Å². The number of morpholine rings is 1. The maximum Gasteiger partial charge on any atom is 0.0674 e. The highest BCUT2D eigenvalue weighted by Crippen LogP contribution is 2.21. The van der Waals surface area contributed by atoms with Gasteiger partial charge >= 0.3 is 0 Å². The monoisotopic (exact) mass is 240 g/mol. The minimum absolute atomic E-state index is 0.400. The van der Waals surface area contributed by atoms with E-state index in [-0.39, 0.29) is 0 Å². The van der Waals surface area contributed by atoms with Crippen molar-refractivity contribution in [2.75, 3.05) is 26.2 Å². The fraction of sp³-hybridized carbons (Fsp3) is 1.00. The Labute approximate surface area is 106 Å². The second kappa shape index (κ2) is 6.17. The largest absolute Gasteiger partial charge is 0.376 e. The molecular formula is C14H28N2O. The Balaban J connectivity index is 1.82. The standard InChI is InChI=1S/C14H28N2O/c1-4-13-5-6-15-14(7-13)9-16-8-12(3)17-10-11(16)2/h11-15H,4-10H2,1-3H3. The fourth-order valence-electron chi connectivity index (χ4n) is 3.11. The molecule has 1 N–H and O–H groups in total. The van der Waals surface area contributed by atoms with Gasteiger partial charge in [-0.2, -0.15) is 0 Å². The number of hydrogen-bond donors (Lipinski definition) is 1. The first-order valence-corrected chi connectivity index (χ1v) is 7.28. The lowest BCUT2D eigenvalue weighted by molar-refractivity contribution is -0.0534. The summed E-state index contributed by atoms with van der Waals surface area (Å²) in [6.07, 6.45) is 4.46. The molecule has 2 aliphatic rings. The van der Waals surface area contributed by atoms with Gasteiger partial charge in [-0.25, -0.2) is 0 Å². The van der Waals surface area contributed by atoms with E-state index in [4.69, 9.17) is 4.74 Å². The lowest BCUT2D eigenvalue weighted by Crippen LogP contribution is -2.53. The summed E-state index contributed by atoms with van der Waals surface area (Å²) in [5.74, 6) is 0.940. The second-order valence-electron chi connectivity index (χ2n) is 5.90. The molecule has 0 amide bonds. The maximum absolute atomic E-state index is 5.69. The van der Waals surface area contributed by atoms with Crippen molar-refractivity contribution < 1.29 is 4.74 Å². The first-order valence-electron chi connectivity index (χ1n) is 7.28. The van der Waals surface area contributed by atoms with Crippen molar-refractivity contribution in [3.63, 3.8) is 0 Å². The molecule has 0 aromatic heterocycles. The summed E-state index contributed by atoms with van der Waals surface area (Å²) in [6, 6.07) is 1.27. The average Bonchev–Trinajstić information content (AvgIpc) is 2.34. The lowest BCUT2D eigenvalue weighted by Gasteiger charge is -2.40. The molecular weight excluding hydrogens is 212 g/mol. The third kappa shape index (κ3) is 3.67. The second-order valence-corrected chi connectivity index (χ2v) is 5.90. The number of rotatable bonds is 3. The highest BCUT2D eigenvalue weighted by atomic mass is 16.5. The normalized spacial score (nSPS) is 40.4. The Morgan fingerprint density at radius 3 is 2.94 bits per heavy atom. The molecule has 2 heterocycles. The van der Waals surface area contributed by atoms with Crippen LogP contribution in [0.3, 0.4) is 0 Å². The Kier molecular flexibility index (Phi) is 4.83. The van der Waals surface area contributed by atoms with Crippen LogP contribution in [0, 0.1) is 5.92 Å². The van der Waals surface area contributed by atoms with Gasteiger partial charge in [-0.3, -0.25) is 4.90 Å². The van der Waals surface area contributed by atoms with E-state index in [2.05, 4.69) is 31.0 Å². The summed E-state index contributed by atoms with van der Waals surface area (Å²) in [6.45, 7) is 11.2. The van der Waals surface area contributed by atoms with Crippen LogP contribution >= 0.6 is 0 Å². The van der Waals surface area contributed by atoms with Crippen LogP contribution in [0.2, 0.25) is 0 Å². The first-order chi connectivity index (χ1) is 8.19. The summed E-state index contributed by atoms with van der Waals surface area (Å²) < 4.78 is 5.69. The predicted molar refractivity (Wildman–Crippen MR) is 71.3 cm³/mol. The Hall–Kier alpha value is -0.120. The zero-order valence-electron chi connectivity index (χ0n) is 11.6. The minimum Gasteiger partial charge on any atom is -0.376 e. The van der Waals surface area contributed by atoms with Crippen LogP contribution in [-0.4, -0.2) is 49.3 Å². The molecule has 100 valence electrons. The van der Waals surface area contributed by atoms with Gasteiger partial charge in [-0.1, -0.05) is 13.3 Å². The zero-order valence-corrected chi connectivity index (χ0v) is 11.6. The third-order valence-electron chi connectivity index (χ3n) is 4.37. The molecule has 4 unspecified atom stereocenters. The summed E-state index contributed by atoms with van der Waals surface area (Å²) in [5.41, 5.74) is 0. The minimum atomic E-state index is 0.400. The fourth-order valence-corrected chi connectivity index (χ4v) is 3.11. The van der Waals surface area contributed by atoms with Gasteiger partial charge in [-0.15, -0.1) is 0 Å². The van der Waals surface area contributed by atoms with Gasteiger partial charge in [0.2, 0.25) is 0 Å². The SMILES string of the molecule is CCC1CCNC(CN2CC(C)OCC2C)C1. The quantitative estimate of drug-likeness (QED) is 0.815. The van der Waals surface area contributed by atoms with Crippen molar-refractivity contribution in [2.45, 2.75) is 58.2 Å². The van der Waals surface area contributed by atoms with Gasteiger partial charge < -0.3 is 10.1 Å². The predicted octanol–water partition coefficient (Wildman–Crippen LogP) is 1.87. The summed E-state index contributed by atoms with van der Waals surface area (Å²) in [4.78, 5) is 2.60. The smallest absolute Gasteiger partial charge is 0.0674 e. The maximum atomic E-state index is 5.69. The van der Waals surface area contributed by atoms with E-state index in [0.29, 0.717) is 18.2 Å². The van der Waals surface area contributed by atoms with Gasteiger partial charge in [0.25, 0.3) is 0 Å². The van der Waals surface area contributed by atoms with Crippen molar-refractivity contribution in [3.05, 3.63) is 0 Å². The number of piperidine rings is 1. The van der Waals surface area contributed by atoms with Gasteiger partial charge in [0.15, 0.2) is 0 Å². The molecule has 3 nitrogen and oxygen atoms in total. The molecule has 0 radical (unpaired) electrons. The summed E-state index contributed by atoms with van der Waals surface area (Å²) in [7, 11) is 0. The van der Waals surface area contributed by atoms with E-state index in [1.54, 1.807) is 0 Å². The van der Waals surface area contributed by atoms with Gasteiger partial charge in [-0.05, 0) is 39.2 Å². The van der Waals surface area contributed by atoms with Crippen LogP contribution in [0.4, 0.5) is 0 Å². The van der Waals surface area contributed by atoms with Crippen molar-refractivity contribution in [1.82, 2.24) is 10.2 Å². The van der Waals surface area contributed by atoms with Crippen LogP contribution < -0.4 is 5.32 Å². The number of hydrogen-bond acceptors (Lipinski definition) is 3. The summed E-state index contributed by atoms with van der Waals surface area (Å²) >= 11 is 0. The topological polar surface area (TPSA) is 24.5 Å². The first kappa shape index (κ1) is 13.3. The molecule has 4 atom stereocenters. The molecule has 17 heavy (non-hydrogen) atoms. The van der Waals surface area contributed by atoms with Gasteiger partial charge in [0.05, 0.1) is 12.7 Å². The van der Waals surface area contributed by atoms with Crippen molar-refractivity contribution >= 4 is 0 Å². The molecule has 2 saturated heterocycles. The highest BCUT2D eigenvalue weighted by molar-refractivity contribution is 4.84. The molecule has 0 spiro atoms. The van der Waals surface area contributed by atoms with E-state index in [1.165, 1.54) is 32.4 Å². The lowest BCUT2D eigenvalue weighted by atomic mass is 9.90. The van der Waals surface area contributed by atoms with E-state index < -0.39 is 0 Å². The third-order valence-corrected chi connectivity index (χ3v) is 4.37. The van der Waals surface area contributed by atoms with Crippen molar-refractivity contribution in [2.24, 2.45) is 5.92 Å². The zero-order chi connectivity index (χ0) is 12.3. The number of ether oxygens (including phenoxy) is 1.